The molecule has 1 amide bonds. The number of hydrogen-bond acceptors (Lipinski definition) is 6. The molecule has 1 N–H and O–H groups in total. The smallest absolute Gasteiger partial charge is 0.294 e. The fourth-order valence-electron chi connectivity index (χ4n) is 3.55. The van der Waals surface area contributed by atoms with Crippen molar-refractivity contribution in [2.75, 3.05) is 4.90 Å². The number of carbonyl (C=O) groups excluding carboxylic acids is 2. The van der Waals surface area contributed by atoms with Gasteiger partial charge in [0.05, 0.1) is 27.2 Å². The minimum Gasteiger partial charge on any atom is -0.503 e. The number of amides is 1. The summed E-state index contributed by atoms with van der Waals surface area (Å²) in [5.74, 6) is -1.65. The quantitative estimate of drug-likeness (QED) is 0.584. The fraction of sp³-hybridized carbons (Fsp3) is 0.182. The normalized spacial score (nSPS) is 16.5. The molecule has 1 aliphatic heterocycles. The molecule has 0 aliphatic carbocycles. The van der Waals surface area contributed by atoms with E-state index in [1.54, 1.807) is 49.6 Å². The number of carbonyl (C=O) groups is 2. The van der Waals surface area contributed by atoms with E-state index in [4.69, 9.17) is 11.6 Å². The van der Waals surface area contributed by atoms with Gasteiger partial charge in [-0.25, -0.2) is 4.98 Å². The lowest BCUT2D eigenvalue weighted by molar-refractivity contribution is -0.117. The van der Waals surface area contributed by atoms with Gasteiger partial charge in [-0.05, 0) is 50.1 Å². The summed E-state index contributed by atoms with van der Waals surface area (Å²) in [5.41, 5.74) is 2.52. The summed E-state index contributed by atoms with van der Waals surface area (Å²) in [6.07, 6.45) is 3.19. The summed E-state index contributed by atoms with van der Waals surface area (Å²) in [6, 6.07) is 7.84. The van der Waals surface area contributed by atoms with Gasteiger partial charge in [0.1, 0.15) is 0 Å². The van der Waals surface area contributed by atoms with E-state index in [0.717, 1.165) is 10.6 Å². The largest absolute Gasteiger partial charge is 0.503 e. The van der Waals surface area contributed by atoms with Crippen molar-refractivity contribution in [3.8, 4) is 0 Å². The summed E-state index contributed by atoms with van der Waals surface area (Å²) in [7, 11) is 0. The number of aromatic nitrogens is 2. The van der Waals surface area contributed by atoms with Crippen LogP contribution in [0.15, 0.2) is 54.1 Å². The number of ketones is 1. The van der Waals surface area contributed by atoms with Crippen LogP contribution in [0.5, 0.6) is 0 Å². The lowest BCUT2D eigenvalue weighted by atomic mass is 9.96. The molecule has 152 valence electrons. The Morgan fingerprint density at radius 3 is 2.60 bits per heavy atom. The van der Waals surface area contributed by atoms with E-state index in [0.29, 0.717) is 26.8 Å². The molecule has 3 aromatic rings. The van der Waals surface area contributed by atoms with Gasteiger partial charge < -0.3 is 5.11 Å². The second kappa shape index (κ2) is 7.66. The molecule has 2 aromatic heterocycles. The van der Waals surface area contributed by atoms with E-state index in [1.807, 2.05) is 13.8 Å². The second-order valence-corrected chi connectivity index (χ2v) is 8.65. The van der Waals surface area contributed by atoms with Crippen LogP contribution in [-0.2, 0) is 4.79 Å². The van der Waals surface area contributed by atoms with E-state index < -0.39 is 23.5 Å². The molecule has 0 saturated heterocycles. The molecule has 0 bridgehead atoms. The first kappa shape index (κ1) is 20.3. The number of rotatable bonds is 4. The number of thiazole rings is 1. The number of anilines is 1. The number of halogens is 1. The Morgan fingerprint density at radius 2 is 2.00 bits per heavy atom. The van der Waals surface area contributed by atoms with Crippen LogP contribution in [0.25, 0.3) is 0 Å². The molecule has 30 heavy (non-hydrogen) atoms. The molecule has 3 heterocycles. The van der Waals surface area contributed by atoms with E-state index in [2.05, 4.69) is 9.97 Å². The Kier molecular flexibility index (Phi) is 5.17. The second-order valence-electron chi connectivity index (χ2n) is 7.04. The summed E-state index contributed by atoms with van der Waals surface area (Å²) >= 11 is 7.53. The fourth-order valence-corrected chi connectivity index (χ4v) is 4.60. The average molecular weight is 440 g/mol. The zero-order valence-electron chi connectivity index (χ0n) is 16.5. The molecule has 8 heteroatoms. The van der Waals surface area contributed by atoms with Gasteiger partial charge in [0.25, 0.3) is 5.91 Å². The molecule has 0 fully saturated rings. The van der Waals surface area contributed by atoms with Crippen molar-refractivity contribution < 1.29 is 14.7 Å². The minimum atomic E-state index is -0.834. The maximum Gasteiger partial charge on any atom is 0.294 e. The Labute approximate surface area is 182 Å². The maximum atomic E-state index is 13.4. The highest BCUT2D eigenvalue weighted by Crippen LogP contribution is 2.43. The van der Waals surface area contributed by atoms with Gasteiger partial charge in [0.15, 0.2) is 5.76 Å². The number of aliphatic hydroxyl groups excluding tert-OH is 1. The Hall–Kier alpha value is -3.03. The van der Waals surface area contributed by atoms with E-state index in [9.17, 15) is 14.7 Å². The van der Waals surface area contributed by atoms with Crippen LogP contribution < -0.4 is 4.90 Å². The average Bonchev–Trinajstić information content (AvgIpc) is 3.20. The molecule has 4 rings (SSSR count). The third kappa shape index (κ3) is 3.30. The molecule has 6 nitrogen and oxygen atoms in total. The van der Waals surface area contributed by atoms with Crippen LogP contribution in [0.1, 0.15) is 37.5 Å². The SMILES string of the molecule is Cc1nc(C)c(C(=O)C2=C(O)C(=O)N(c3ccc(C)c(Cl)c3)C2c2cccnc2)s1. The monoisotopic (exact) mass is 439 g/mol. The molecule has 1 atom stereocenters. The van der Waals surface area contributed by atoms with E-state index in [1.165, 1.54) is 16.2 Å². The van der Waals surface area contributed by atoms with Crippen LogP contribution in [0.4, 0.5) is 5.69 Å². The zero-order chi connectivity index (χ0) is 21.6. The standard InChI is InChI=1S/C22H18ClN3O3S/c1-11-6-7-15(9-16(11)23)26-18(14-5-4-8-24-10-14)17(20(28)22(26)29)19(27)21-12(2)25-13(3)30-21/h4-10,18,28H,1-3H3. The lowest BCUT2D eigenvalue weighted by Crippen LogP contribution is -2.31. The Balaban J connectivity index is 1.90. The molecule has 0 saturated carbocycles. The predicted molar refractivity (Wildman–Crippen MR) is 116 cm³/mol. The summed E-state index contributed by atoms with van der Waals surface area (Å²) in [5, 5.41) is 12.0. The van der Waals surface area contributed by atoms with E-state index in [-0.39, 0.29) is 5.57 Å². The first-order chi connectivity index (χ1) is 14.3. The van der Waals surface area contributed by atoms with Gasteiger partial charge in [-0.2, -0.15) is 0 Å². The summed E-state index contributed by atoms with van der Waals surface area (Å²) < 4.78 is 0. The third-order valence-electron chi connectivity index (χ3n) is 5.00. The van der Waals surface area contributed by atoms with Crippen LogP contribution in [0.2, 0.25) is 5.02 Å². The van der Waals surface area contributed by atoms with Gasteiger partial charge in [0, 0.05) is 23.1 Å². The molecule has 1 aliphatic rings. The van der Waals surface area contributed by atoms with Gasteiger partial charge in [-0.3, -0.25) is 19.5 Å². The summed E-state index contributed by atoms with van der Waals surface area (Å²) in [4.78, 5) is 36.8. The van der Waals surface area contributed by atoms with Gasteiger partial charge in [-0.15, -0.1) is 11.3 Å². The van der Waals surface area contributed by atoms with Crippen molar-refractivity contribution in [1.82, 2.24) is 9.97 Å². The number of aliphatic hydroxyl groups is 1. The number of nitrogens with zero attached hydrogens (tertiary/aromatic N) is 3. The first-order valence-corrected chi connectivity index (χ1v) is 10.4. The van der Waals surface area contributed by atoms with Crippen LogP contribution in [-0.4, -0.2) is 26.8 Å². The van der Waals surface area contributed by atoms with Gasteiger partial charge in [0.2, 0.25) is 5.78 Å². The minimum absolute atomic E-state index is 0.0106. The maximum absolute atomic E-state index is 13.4. The Bertz CT molecular complexity index is 1200. The highest BCUT2D eigenvalue weighted by molar-refractivity contribution is 7.14. The van der Waals surface area contributed by atoms with Crippen molar-refractivity contribution in [1.29, 1.82) is 0 Å². The van der Waals surface area contributed by atoms with Crippen LogP contribution in [0.3, 0.4) is 0 Å². The number of benzene rings is 1. The number of pyridine rings is 1. The van der Waals surface area contributed by atoms with Gasteiger partial charge in [-0.1, -0.05) is 23.7 Å². The molecular formula is C22H18ClN3O3S. The number of aryl methyl sites for hydroxylation is 3. The highest BCUT2D eigenvalue weighted by Gasteiger charge is 2.45. The predicted octanol–water partition coefficient (Wildman–Crippen LogP) is 4.90. The van der Waals surface area contributed by atoms with E-state index >= 15 is 0 Å². The zero-order valence-corrected chi connectivity index (χ0v) is 18.1. The highest BCUT2D eigenvalue weighted by atomic mass is 35.5. The molecule has 1 aromatic carbocycles. The van der Waals surface area contributed by atoms with Crippen molar-refractivity contribution >= 4 is 40.3 Å². The first-order valence-electron chi connectivity index (χ1n) is 9.21. The topological polar surface area (TPSA) is 83.4 Å². The van der Waals surface area contributed by atoms with Crippen molar-refractivity contribution in [3.63, 3.8) is 0 Å². The molecule has 0 spiro atoms. The third-order valence-corrected chi connectivity index (χ3v) is 6.48. The molecular weight excluding hydrogens is 422 g/mol. The summed E-state index contributed by atoms with van der Waals surface area (Å²) in [6.45, 7) is 5.40. The number of hydrogen-bond donors (Lipinski definition) is 1. The molecule has 0 radical (unpaired) electrons. The van der Waals surface area contributed by atoms with Crippen molar-refractivity contribution in [3.05, 3.63) is 85.8 Å². The van der Waals surface area contributed by atoms with Crippen molar-refractivity contribution in [2.24, 2.45) is 0 Å². The Morgan fingerprint density at radius 1 is 1.23 bits per heavy atom. The molecule has 1 unspecified atom stereocenters. The van der Waals surface area contributed by atoms with Gasteiger partial charge >= 0.3 is 0 Å². The van der Waals surface area contributed by atoms with Crippen LogP contribution >= 0.6 is 22.9 Å². The van der Waals surface area contributed by atoms with Crippen molar-refractivity contribution in [2.45, 2.75) is 26.8 Å². The van der Waals surface area contributed by atoms with Crippen LogP contribution in [0, 0.1) is 20.8 Å². The lowest BCUT2D eigenvalue weighted by Gasteiger charge is -2.27. The number of Topliss-reactive ketones (excluding diaryl/α,β-unsaturated/α-hetero) is 1.